The van der Waals surface area contributed by atoms with Gasteiger partial charge in [-0.05, 0) is 31.0 Å². The van der Waals surface area contributed by atoms with Gasteiger partial charge in [0.15, 0.2) is 5.82 Å². The number of nitrogens with one attached hydrogen (secondary N) is 1. The fourth-order valence-electron chi connectivity index (χ4n) is 2.54. The average Bonchev–Trinajstić information content (AvgIpc) is 2.69. The van der Waals surface area contributed by atoms with Crippen molar-refractivity contribution in [3.8, 4) is 0 Å². The molecule has 0 radical (unpaired) electrons. The molecule has 1 N–H and O–H groups in total. The van der Waals surface area contributed by atoms with Gasteiger partial charge in [0.2, 0.25) is 0 Å². The van der Waals surface area contributed by atoms with E-state index >= 15 is 0 Å². The van der Waals surface area contributed by atoms with Crippen LogP contribution in [0.25, 0.3) is 10.9 Å². The summed E-state index contributed by atoms with van der Waals surface area (Å²) in [6, 6.07) is 17.6. The Morgan fingerprint density at radius 2 is 1.85 bits per heavy atom. The van der Waals surface area contributed by atoms with E-state index in [1.54, 1.807) is 6.92 Å². The van der Waals surface area contributed by atoms with Crippen molar-refractivity contribution in [1.82, 2.24) is 9.97 Å². The lowest BCUT2D eigenvalue weighted by Crippen LogP contribution is -2.20. The van der Waals surface area contributed by atoms with Crippen LogP contribution < -0.4 is 5.43 Å². The molecule has 0 aliphatic rings. The molecule has 6 heteroatoms. The third kappa shape index (κ3) is 4.42. The minimum absolute atomic E-state index is 0.305. The number of benzene rings is 2. The van der Waals surface area contributed by atoms with Crippen LogP contribution in [0.15, 0.2) is 66.0 Å². The summed E-state index contributed by atoms with van der Waals surface area (Å²) in [7, 11) is 0. The van der Waals surface area contributed by atoms with Gasteiger partial charge in [-0.3, -0.25) is 5.43 Å². The van der Waals surface area contributed by atoms with Crippen molar-refractivity contribution < 1.29 is 9.53 Å². The van der Waals surface area contributed by atoms with Gasteiger partial charge in [0.25, 0.3) is 0 Å². The first-order chi connectivity index (χ1) is 12.8. The molecule has 6 nitrogen and oxygen atoms in total. The summed E-state index contributed by atoms with van der Waals surface area (Å²) in [5.41, 5.74) is 5.17. The molecule has 0 aliphatic carbocycles. The van der Waals surface area contributed by atoms with E-state index in [2.05, 4.69) is 20.5 Å². The number of nitrogens with zero attached hydrogens (tertiary/aromatic N) is 3. The van der Waals surface area contributed by atoms with E-state index in [9.17, 15) is 4.79 Å². The predicted octanol–water partition coefficient (Wildman–Crippen LogP) is 3.59. The fourth-order valence-corrected chi connectivity index (χ4v) is 2.54. The molecule has 0 unspecified atom stereocenters. The Morgan fingerprint density at radius 3 is 2.65 bits per heavy atom. The predicted molar refractivity (Wildman–Crippen MR) is 102 cm³/mol. The van der Waals surface area contributed by atoms with Gasteiger partial charge in [-0.1, -0.05) is 42.5 Å². The Balaban J connectivity index is 1.80. The largest absolute Gasteiger partial charge is 0.461 e. The summed E-state index contributed by atoms with van der Waals surface area (Å²) in [6.07, 6.45) is 2.64. The van der Waals surface area contributed by atoms with E-state index in [1.807, 2.05) is 54.6 Å². The number of para-hydroxylation sites is 1. The first-order valence-corrected chi connectivity index (χ1v) is 8.51. The lowest BCUT2D eigenvalue weighted by atomic mass is 10.1. The maximum absolute atomic E-state index is 12.2. The Kier molecular flexibility index (Phi) is 5.88. The smallest absolute Gasteiger partial charge is 0.354 e. The van der Waals surface area contributed by atoms with Crippen LogP contribution in [0.4, 0.5) is 5.82 Å². The molecule has 0 atom stereocenters. The molecule has 3 aromatic rings. The van der Waals surface area contributed by atoms with Crippen molar-refractivity contribution in [3.05, 3.63) is 66.5 Å². The lowest BCUT2D eigenvalue weighted by Gasteiger charge is -2.08. The van der Waals surface area contributed by atoms with Gasteiger partial charge in [0.1, 0.15) is 12.0 Å². The highest BCUT2D eigenvalue weighted by Crippen LogP contribution is 2.18. The molecule has 0 fully saturated rings. The minimum Gasteiger partial charge on any atom is -0.461 e. The summed E-state index contributed by atoms with van der Waals surface area (Å²) in [4.78, 5) is 20.7. The van der Waals surface area contributed by atoms with Crippen molar-refractivity contribution in [2.45, 2.75) is 19.8 Å². The highest BCUT2D eigenvalue weighted by Gasteiger charge is 2.13. The van der Waals surface area contributed by atoms with Crippen LogP contribution in [-0.2, 0) is 16.0 Å². The highest BCUT2D eigenvalue weighted by atomic mass is 16.5. The van der Waals surface area contributed by atoms with E-state index < -0.39 is 5.97 Å². The normalized spacial score (nSPS) is 11.3. The summed E-state index contributed by atoms with van der Waals surface area (Å²) in [5.74, 6) is 0.131. The molecule has 0 saturated carbocycles. The Morgan fingerprint density at radius 1 is 1.08 bits per heavy atom. The topological polar surface area (TPSA) is 76.5 Å². The molecule has 132 valence electrons. The SMILES string of the molecule is CCOC(=O)/C(CCc1ccccc1)=N/Nc1ncnc2ccccc12. The molecular formula is C20H20N4O2. The molecule has 0 bridgehead atoms. The number of aryl methyl sites for hydroxylation is 1. The standard InChI is InChI=1S/C20H20N4O2/c1-2-26-20(25)18(13-12-15-8-4-3-5-9-15)23-24-19-16-10-6-7-11-17(16)21-14-22-19/h3-11,14H,2,12-13H2,1H3,(H,21,22,24)/b23-18+. The number of esters is 1. The maximum Gasteiger partial charge on any atom is 0.354 e. The Labute approximate surface area is 151 Å². The Hall–Kier alpha value is -3.28. The number of fused-ring (bicyclic) bond motifs is 1. The third-order valence-electron chi connectivity index (χ3n) is 3.84. The van der Waals surface area contributed by atoms with Gasteiger partial charge in [-0.25, -0.2) is 14.8 Å². The van der Waals surface area contributed by atoms with Gasteiger partial charge < -0.3 is 4.74 Å². The number of carbonyl (C=O) groups is 1. The second-order valence-electron chi connectivity index (χ2n) is 5.62. The van der Waals surface area contributed by atoms with Gasteiger partial charge in [-0.15, -0.1) is 0 Å². The van der Waals surface area contributed by atoms with E-state index in [-0.39, 0.29) is 0 Å². The van der Waals surface area contributed by atoms with Crippen LogP contribution in [0.2, 0.25) is 0 Å². The fraction of sp³-hybridized carbons (Fsp3) is 0.200. The van der Waals surface area contributed by atoms with Gasteiger partial charge >= 0.3 is 5.97 Å². The lowest BCUT2D eigenvalue weighted by molar-refractivity contribution is -0.135. The zero-order valence-corrected chi connectivity index (χ0v) is 14.6. The van der Waals surface area contributed by atoms with Crippen LogP contribution in [-0.4, -0.2) is 28.3 Å². The maximum atomic E-state index is 12.2. The van der Waals surface area contributed by atoms with Crippen LogP contribution >= 0.6 is 0 Å². The van der Waals surface area contributed by atoms with Gasteiger partial charge in [-0.2, -0.15) is 5.10 Å². The molecule has 3 rings (SSSR count). The van der Waals surface area contributed by atoms with Crippen LogP contribution in [0.1, 0.15) is 18.9 Å². The number of hydrogen-bond acceptors (Lipinski definition) is 6. The first kappa shape index (κ1) is 17.5. The van der Waals surface area contributed by atoms with E-state index in [0.29, 0.717) is 31.0 Å². The number of carbonyl (C=O) groups excluding carboxylic acids is 1. The third-order valence-corrected chi connectivity index (χ3v) is 3.84. The number of hydrogen-bond donors (Lipinski definition) is 1. The zero-order valence-electron chi connectivity index (χ0n) is 14.6. The highest BCUT2D eigenvalue weighted by molar-refractivity contribution is 6.36. The van der Waals surface area contributed by atoms with E-state index in [1.165, 1.54) is 6.33 Å². The van der Waals surface area contributed by atoms with Crippen molar-refractivity contribution in [2.24, 2.45) is 5.10 Å². The first-order valence-electron chi connectivity index (χ1n) is 8.51. The number of hydrazone groups is 1. The van der Waals surface area contributed by atoms with Crippen molar-refractivity contribution in [3.63, 3.8) is 0 Å². The minimum atomic E-state index is -0.422. The van der Waals surface area contributed by atoms with Crippen LogP contribution in [0, 0.1) is 0 Å². The molecule has 2 aromatic carbocycles. The summed E-state index contributed by atoms with van der Waals surface area (Å²) in [5, 5.41) is 5.12. The van der Waals surface area contributed by atoms with Crippen LogP contribution in [0.5, 0.6) is 0 Å². The molecule has 0 spiro atoms. The van der Waals surface area contributed by atoms with E-state index in [0.717, 1.165) is 16.5 Å². The number of ether oxygens (including phenoxy) is 1. The second kappa shape index (κ2) is 8.71. The number of rotatable bonds is 7. The molecule has 0 aliphatic heterocycles. The molecule has 1 heterocycles. The number of aromatic nitrogens is 2. The molecule has 0 amide bonds. The quantitative estimate of drug-likeness (QED) is 0.401. The van der Waals surface area contributed by atoms with Gasteiger partial charge in [0, 0.05) is 11.8 Å². The van der Waals surface area contributed by atoms with Crippen molar-refractivity contribution in [2.75, 3.05) is 12.0 Å². The van der Waals surface area contributed by atoms with E-state index in [4.69, 9.17) is 4.74 Å². The summed E-state index contributed by atoms with van der Waals surface area (Å²) < 4.78 is 5.13. The molecule has 1 aromatic heterocycles. The van der Waals surface area contributed by atoms with Crippen molar-refractivity contribution >= 4 is 28.4 Å². The Bertz CT molecular complexity index is 905. The average molecular weight is 348 g/mol. The molecular weight excluding hydrogens is 328 g/mol. The molecule has 0 saturated heterocycles. The zero-order chi connectivity index (χ0) is 18.2. The van der Waals surface area contributed by atoms with Crippen molar-refractivity contribution in [1.29, 1.82) is 0 Å². The second-order valence-corrected chi connectivity index (χ2v) is 5.62. The van der Waals surface area contributed by atoms with Crippen LogP contribution in [0.3, 0.4) is 0 Å². The monoisotopic (exact) mass is 348 g/mol. The summed E-state index contributed by atoms with van der Waals surface area (Å²) >= 11 is 0. The summed E-state index contributed by atoms with van der Waals surface area (Å²) in [6.45, 7) is 2.08. The molecule has 26 heavy (non-hydrogen) atoms. The number of anilines is 1. The van der Waals surface area contributed by atoms with Gasteiger partial charge in [0.05, 0.1) is 12.1 Å².